The maximum atomic E-state index is 5.86. The molecule has 0 aliphatic carbocycles. The van der Waals surface area contributed by atoms with E-state index in [-0.39, 0.29) is 5.60 Å². The Kier molecular flexibility index (Phi) is 2.34. The van der Waals surface area contributed by atoms with E-state index < -0.39 is 0 Å². The molecule has 1 N–H and O–H groups in total. The molecule has 0 bridgehead atoms. The molecular weight excluding hydrogens is 164 g/mol. The van der Waals surface area contributed by atoms with Crippen molar-refractivity contribution in [2.24, 2.45) is 0 Å². The summed E-state index contributed by atoms with van der Waals surface area (Å²) in [6.45, 7) is 11.0. The molecule has 0 amide bonds. The van der Waals surface area contributed by atoms with Gasteiger partial charge in [0, 0.05) is 32.2 Å². The van der Waals surface area contributed by atoms with Crippen molar-refractivity contribution < 1.29 is 4.74 Å². The molecule has 0 saturated carbocycles. The van der Waals surface area contributed by atoms with Crippen molar-refractivity contribution in [3.05, 3.63) is 0 Å². The van der Waals surface area contributed by atoms with Gasteiger partial charge in [-0.25, -0.2) is 0 Å². The second-order valence-electron chi connectivity index (χ2n) is 4.93. The van der Waals surface area contributed by atoms with Crippen LogP contribution in [0.3, 0.4) is 0 Å². The fourth-order valence-corrected chi connectivity index (χ4v) is 2.31. The van der Waals surface area contributed by atoms with Crippen LogP contribution in [0.25, 0.3) is 0 Å². The van der Waals surface area contributed by atoms with Gasteiger partial charge >= 0.3 is 0 Å². The van der Waals surface area contributed by atoms with Crippen molar-refractivity contribution in [3.63, 3.8) is 0 Å². The van der Waals surface area contributed by atoms with Crippen LogP contribution < -0.4 is 5.32 Å². The molecule has 2 fully saturated rings. The molecule has 76 valence electrons. The first-order valence-corrected chi connectivity index (χ1v) is 5.19. The van der Waals surface area contributed by atoms with E-state index in [2.05, 4.69) is 31.0 Å². The lowest BCUT2D eigenvalue weighted by Crippen LogP contribution is -2.64. The van der Waals surface area contributed by atoms with Crippen molar-refractivity contribution in [1.82, 2.24) is 10.2 Å². The predicted molar refractivity (Wildman–Crippen MR) is 52.9 cm³/mol. The molecule has 1 atom stereocenters. The van der Waals surface area contributed by atoms with E-state index in [0.29, 0.717) is 6.10 Å². The highest BCUT2D eigenvalue weighted by atomic mass is 16.5. The molecule has 0 aromatic heterocycles. The lowest BCUT2D eigenvalue weighted by molar-refractivity contribution is -0.141. The summed E-state index contributed by atoms with van der Waals surface area (Å²) in [5.41, 5.74) is 0.0350. The van der Waals surface area contributed by atoms with E-state index in [0.717, 1.165) is 32.2 Å². The van der Waals surface area contributed by atoms with Crippen LogP contribution >= 0.6 is 0 Å². The van der Waals surface area contributed by atoms with E-state index in [4.69, 9.17) is 4.74 Å². The third kappa shape index (κ3) is 2.03. The van der Waals surface area contributed by atoms with E-state index in [1.807, 2.05) is 0 Å². The third-order valence-electron chi connectivity index (χ3n) is 2.87. The zero-order valence-corrected chi connectivity index (χ0v) is 8.84. The largest absolute Gasteiger partial charge is 0.370 e. The quantitative estimate of drug-likeness (QED) is 0.640. The van der Waals surface area contributed by atoms with E-state index in [1.54, 1.807) is 0 Å². The second-order valence-corrected chi connectivity index (χ2v) is 4.93. The summed E-state index contributed by atoms with van der Waals surface area (Å²) >= 11 is 0. The average Bonchev–Trinajstić information content (AvgIpc) is 1.75. The van der Waals surface area contributed by atoms with Crippen LogP contribution in [0.2, 0.25) is 0 Å². The number of ether oxygens (including phenoxy) is 1. The molecule has 0 aromatic carbocycles. The minimum Gasteiger partial charge on any atom is -0.370 e. The Labute approximate surface area is 80.4 Å². The maximum absolute atomic E-state index is 5.86. The normalized spacial score (nSPS) is 35.8. The summed E-state index contributed by atoms with van der Waals surface area (Å²) in [5.74, 6) is 0. The number of morpholine rings is 1. The van der Waals surface area contributed by atoms with Gasteiger partial charge in [-0.3, -0.25) is 4.90 Å². The topological polar surface area (TPSA) is 24.5 Å². The molecular formula is C10H20N2O. The Morgan fingerprint density at radius 3 is 2.54 bits per heavy atom. The predicted octanol–water partition coefficient (Wildman–Crippen LogP) is 0.457. The minimum absolute atomic E-state index is 0.0350. The van der Waals surface area contributed by atoms with Gasteiger partial charge in [-0.2, -0.15) is 0 Å². The number of nitrogens with zero attached hydrogens (tertiary/aromatic N) is 1. The Morgan fingerprint density at radius 1 is 1.38 bits per heavy atom. The molecule has 2 heterocycles. The first kappa shape index (κ1) is 9.44. The number of rotatable bonds is 1. The molecule has 13 heavy (non-hydrogen) atoms. The number of hydrogen-bond donors (Lipinski definition) is 1. The van der Waals surface area contributed by atoms with Gasteiger partial charge in [0.25, 0.3) is 0 Å². The molecule has 2 rings (SSSR count). The van der Waals surface area contributed by atoms with Crippen molar-refractivity contribution in [3.8, 4) is 0 Å². The first-order chi connectivity index (χ1) is 6.07. The van der Waals surface area contributed by atoms with Crippen LogP contribution in [0.4, 0.5) is 0 Å². The maximum Gasteiger partial charge on any atom is 0.0757 e. The molecule has 0 aromatic rings. The summed E-state index contributed by atoms with van der Waals surface area (Å²) in [4.78, 5) is 2.56. The lowest BCUT2D eigenvalue weighted by atomic mass is 10.0. The molecule has 3 heteroatoms. The SMILES string of the molecule is CC1CN(C2CNC2)CC(C)(C)O1. The zero-order chi connectivity index (χ0) is 9.47. The molecule has 0 radical (unpaired) electrons. The molecule has 2 aliphatic rings. The first-order valence-electron chi connectivity index (χ1n) is 5.19. The van der Waals surface area contributed by atoms with Crippen molar-refractivity contribution in [2.45, 2.75) is 38.5 Å². The van der Waals surface area contributed by atoms with Gasteiger partial charge in [0.1, 0.15) is 0 Å². The van der Waals surface area contributed by atoms with E-state index in [1.165, 1.54) is 0 Å². The highest BCUT2D eigenvalue weighted by Crippen LogP contribution is 2.23. The standard InChI is InChI=1S/C10H20N2O/c1-8-6-12(9-4-11-5-9)7-10(2,3)13-8/h8-9,11H,4-7H2,1-3H3. The van der Waals surface area contributed by atoms with Gasteiger partial charge in [-0.1, -0.05) is 0 Å². The highest BCUT2D eigenvalue weighted by Gasteiger charge is 2.36. The fourth-order valence-electron chi connectivity index (χ4n) is 2.31. The summed E-state index contributed by atoms with van der Waals surface area (Å²) in [6, 6.07) is 0.755. The summed E-state index contributed by atoms with van der Waals surface area (Å²) in [5, 5.41) is 3.32. The van der Waals surface area contributed by atoms with Crippen molar-refractivity contribution in [1.29, 1.82) is 0 Å². The van der Waals surface area contributed by atoms with Crippen LogP contribution in [0.5, 0.6) is 0 Å². The van der Waals surface area contributed by atoms with Crippen LogP contribution in [0, 0.1) is 0 Å². The van der Waals surface area contributed by atoms with Crippen LogP contribution in [0.1, 0.15) is 20.8 Å². The smallest absolute Gasteiger partial charge is 0.0757 e. The summed E-state index contributed by atoms with van der Waals surface area (Å²) in [7, 11) is 0. The van der Waals surface area contributed by atoms with Crippen molar-refractivity contribution in [2.75, 3.05) is 26.2 Å². The van der Waals surface area contributed by atoms with Crippen LogP contribution in [-0.4, -0.2) is 48.8 Å². The Morgan fingerprint density at radius 2 is 2.08 bits per heavy atom. The molecule has 2 aliphatic heterocycles. The highest BCUT2D eigenvalue weighted by molar-refractivity contribution is 4.91. The molecule has 0 spiro atoms. The average molecular weight is 184 g/mol. The Hall–Kier alpha value is -0.120. The van der Waals surface area contributed by atoms with E-state index in [9.17, 15) is 0 Å². The van der Waals surface area contributed by atoms with Gasteiger partial charge in [0.05, 0.1) is 11.7 Å². The molecule has 2 saturated heterocycles. The zero-order valence-electron chi connectivity index (χ0n) is 8.84. The van der Waals surface area contributed by atoms with Crippen LogP contribution in [0.15, 0.2) is 0 Å². The monoisotopic (exact) mass is 184 g/mol. The number of hydrogen-bond acceptors (Lipinski definition) is 3. The van der Waals surface area contributed by atoms with Gasteiger partial charge in [-0.15, -0.1) is 0 Å². The second kappa shape index (κ2) is 3.23. The fraction of sp³-hybridized carbons (Fsp3) is 1.00. The van der Waals surface area contributed by atoms with Gasteiger partial charge < -0.3 is 10.1 Å². The summed E-state index contributed by atoms with van der Waals surface area (Å²) in [6.07, 6.45) is 0.379. The third-order valence-corrected chi connectivity index (χ3v) is 2.87. The van der Waals surface area contributed by atoms with Crippen molar-refractivity contribution >= 4 is 0 Å². The van der Waals surface area contributed by atoms with Crippen LogP contribution in [-0.2, 0) is 4.74 Å². The van der Waals surface area contributed by atoms with E-state index >= 15 is 0 Å². The molecule has 3 nitrogen and oxygen atoms in total. The Balaban J connectivity index is 1.96. The van der Waals surface area contributed by atoms with Gasteiger partial charge in [0.2, 0.25) is 0 Å². The van der Waals surface area contributed by atoms with Gasteiger partial charge in [-0.05, 0) is 20.8 Å². The van der Waals surface area contributed by atoms with Gasteiger partial charge in [0.15, 0.2) is 0 Å². The Bertz CT molecular complexity index is 189. The summed E-state index contributed by atoms with van der Waals surface area (Å²) < 4.78 is 5.86. The number of nitrogens with one attached hydrogen (secondary N) is 1. The lowest BCUT2D eigenvalue weighted by Gasteiger charge is -2.47. The minimum atomic E-state index is 0.0350. The molecule has 1 unspecified atom stereocenters.